The van der Waals surface area contributed by atoms with Crippen LogP contribution in [0.1, 0.15) is 58.9 Å². The van der Waals surface area contributed by atoms with Crippen LogP contribution in [0.2, 0.25) is 0 Å². The van der Waals surface area contributed by atoms with E-state index in [2.05, 4.69) is 4.90 Å². The topological polar surface area (TPSA) is 106 Å². The number of aromatic nitrogens is 1. The van der Waals surface area contributed by atoms with Crippen molar-refractivity contribution >= 4 is 28.3 Å². The summed E-state index contributed by atoms with van der Waals surface area (Å²) in [7, 11) is 0. The van der Waals surface area contributed by atoms with Gasteiger partial charge >= 0.3 is 5.97 Å². The SMILES string of the molecule is NC1([C@@H]2CCN(c3ccc4c(=O)c(C(=O)O)cn5c4c3C(=O)C3C[C@H](F)C35)C2)CCC1. The Labute approximate surface area is 177 Å². The lowest BCUT2D eigenvalue weighted by Gasteiger charge is -2.45. The fourth-order valence-corrected chi connectivity index (χ4v) is 6.17. The van der Waals surface area contributed by atoms with Crippen LogP contribution < -0.4 is 16.1 Å². The molecule has 3 heterocycles. The number of pyridine rings is 1. The number of nitrogens with two attached hydrogens (primary N) is 1. The van der Waals surface area contributed by atoms with Crippen molar-refractivity contribution in [2.45, 2.75) is 49.9 Å². The first-order valence-corrected chi connectivity index (χ1v) is 11.0. The van der Waals surface area contributed by atoms with Crippen molar-refractivity contribution < 1.29 is 19.1 Å². The molecule has 0 spiro atoms. The van der Waals surface area contributed by atoms with Crippen molar-refractivity contribution in [2.75, 3.05) is 18.0 Å². The predicted molar refractivity (Wildman–Crippen MR) is 113 cm³/mol. The number of hydrogen-bond donors (Lipinski definition) is 2. The fraction of sp³-hybridized carbons (Fsp3) is 0.522. The molecule has 2 unspecified atom stereocenters. The standard InChI is InChI=1S/C23H24FN3O4/c24-15-8-13-18(15)27-10-14(22(30)31)20(28)12-2-3-16(17(19(12)27)21(13)29)26-7-4-11(9-26)23(25)5-1-6-23/h2-3,10-11,13,15,18H,1,4-9,25H2,(H,30,31)/t11-,13?,15+,18?/m1/s1. The van der Waals surface area contributed by atoms with Crippen LogP contribution in [0.25, 0.3) is 10.9 Å². The van der Waals surface area contributed by atoms with Crippen molar-refractivity contribution in [3.05, 3.63) is 39.7 Å². The van der Waals surface area contributed by atoms with Crippen LogP contribution in [0.3, 0.4) is 0 Å². The maximum Gasteiger partial charge on any atom is 0.341 e. The van der Waals surface area contributed by atoms with Gasteiger partial charge in [0.05, 0.1) is 17.1 Å². The van der Waals surface area contributed by atoms with Crippen LogP contribution >= 0.6 is 0 Å². The Morgan fingerprint density at radius 3 is 2.68 bits per heavy atom. The Balaban J connectivity index is 1.54. The van der Waals surface area contributed by atoms with Crippen LogP contribution in [0.15, 0.2) is 23.1 Å². The van der Waals surface area contributed by atoms with Crippen LogP contribution in [-0.2, 0) is 0 Å². The summed E-state index contributed by atoms with van der Waals surface area (Å²) >= 11 is 0. The Kier molecular flexibility index (Phi) is 3.77. The van der Waals surface area contributed by atoms with Crippen molar-refractivity contribution in [3.63, 3.8) is 0 Å². The van der Waals surface area contributed by atoms with Crippen LogP contribution in [0.4, 0.5) is 10.1 Å². The number of carboxylic acids is 1. The van der Waals surface area contributed by atoms with E-state index in [-0.39, 0.29) is 23.1 Å². The van der Waals surface area contributed by atoms with E-state index < -0.39 is 35.1 Å². The molecule has 4 aliphatic rings. The molecule has 8 heteroatoms. The average Bonchev–Trinajstić information content (AvgIpc) is 3.20. The second-order valence-corrected chi connectivity index (χ2v) is 9.67. The highest BCUT2D eigenvalue weighted by Gasteiger charge is 2.52. The minimum atomic E-state index is -1.35. The van der Waals surface area contributed by atoms with Crippen LogP contribution in [-0.4, -0.2) is 46.2 Å². The smallest absolute Gasteiger partial charge is 0.341 e. The van der Waals surface area contributed by atoms with E-state index in [1.54, 1.807) is 16.7 Å². The number of ketones is 1. The highest BCUT2D eigenvalue weighted by molar-refractivity contribution is 6.15. The Hall–Kier alpha value is -2.74. The lowest BCUT2D eigenvalue weighted by molar-refractivity contribution is 0.0338. The number of rotatable bonds is 3. The molecular formula is C23H24FN3O4. The molecular weight excluding hydrogens is 401 g/mol. The lowest BCUT2D eigenvalue weighted by atomic mass is 9.68. The molecule has 3 fully saturated rings. The van der Waals surface area contributed by atoms with Crippen molar-refractivity contribution in [1.82, 2.24) is 4.57 Å². The summed E-state index contributed by atoms with van der Waals surface area (Å²) in [5.41, 5.74) is 6.95. The van der Waals surface area contributed by atoms with E-state index in [4.69, 9.17) is 5.73 Å². The first kappa shape index (κ1) is 19.0. The molecule has 31 heavy (non-hydrogen) atoms. The molecule has 3 N–H and O–H groups in total. The van der Waals surface area contributed by atoms with Gasteiger partial charge in [-0.3, -0.25) is 9.59 Å². The fourth-order valence-electron chi connectivity index (χ4n) is 6.17. The number of hydrogen-bond acceptors (Lipinski definition) is 5. The number of alkyl halides is 1. The molecule has 2 aliphatic carbocycles. The lowest BCUT2D eigenvalue weighted by Crippen LogP contribution is -2.53. The monoisotopic (exact) mass is 425 g/mol. The molecule has 1 saturated heterocycles. The summed E-state index contributed by atoms with van der Waals surface area (Å²) in [6.45, 7) is 1.52. The molecule has 0 amide bonds. The summed E-state index contributed by atoms with van der Waals surface area (Å²) in [6, 6.07) is 2.60. The molecule has 4 atom stereocenters. The largest absolute Gasteiger partial charge is 0.477 e. The number of anilines is 1. The van der Waals surface area contributed by atoms with Crippen molar-refractivity contribution in [2.24, 2.45) is 17.6 Å². The van der Waals surface area contributed by atoms with Gasteiger partial charge in [-0.25, -0.2) is 9.18 Å². The zero-order valence-corrected chi connectivity index (χ0v) is 17.0. The number of carboxylic acid groups (broad SMARTS) is 1. The number of benzene rings is 1. The Morgan fingerprint density at radius 1 is 1.26 bits per heavy atom. The second kappa shape index (κ2) is 6.16. The maximum atomic E-state index is 14.5. The molecule has 2 saturated carbocycles. The molecule has 0 bridgehead atoms. The summed E-state index contributed by atoms with van der Waals surface area (Å²) in [5.74, 6) is -1.66. The van der Waals surface area contributed by atoms with E-state index >= 15 is 0 Å². The summed E-state index contributed by atoms with van der Waals surface area (Å²) in [6.07, 6.45) is 4.27. The Bertz CT molecular complexity index is 1220. The zero-order chi connectivity index (χ0) is 21.7. The molecule has 162 valence electrons. The summed E-state index contributed by atoms with van der Waals surface area (Å²) < 4.78 is 16.0. The highest BCUT2D eigenvalue weighted by Crippen LogP contribution is 2.50. The van der Waals surface area contributed by atoms with E-state index in [1.165, 1.54) is 6.20 Å². The van der Waals surface area contributed by atoms with Gasteiger partial charge in [-0.2, -0.15) is 0 Å². The highest BCUT2D eigenvalue weighted by atomic mass is 19.1. The number of carbonyl (C=O) groups excluding carboxylic acids is 1. The third-order valence-corrected chi connectivity index (χ3v) is 8.19. The first-order chi connectivity index (χ1) is 14.8. The number of nitrogens with zero attached hydrogens (tertiary/aromatic N) is 2. The third-order valence-electron chi connectivity index (χ3n) is 8.19. The van der Waals surface area contributed by atoms with Gasteiger partial charge in [0.1, 0.15) is 11.7 Å². The molecule has 2 aromatic rings. The van der Waals surface area contributed by atoms with Gasteiger partial charge in [0.15, 0.2) is 5.78 Å². The van der Waals surface area contributed by atoms with E-state index in [0.29, 0.717) is 17.0 Å². The molecule has 0 radical (unpaired) electrons. The average molecular weight is 425 g/mol. The van der Waals surface area contributed by atoms with Gasteiger partial charge < -0.3 is 20.3 Å². The summed E-state index contributed by atoms with van der Waals surface area (Å²) in [5, 5.41) is 9.65. The first-order valence-electron chi connectivity index (χ1n) is 11.0. The maximum absolute atomic E-state index is 14.5. The molecule has 1 aromatic carbocycles. The van der Waals surface area contributed by atoms with Crippen LogP contribution in [0, 0.1) is 11.8 Å². The molecule has 1 aromatic heterocycles. The van der Waals surface area contributed by atoms with Gasteiger partial charge in [0.2, 0.25) is 5.43 Å². The minimum absolute atomic E-state index is 0.127. The van der Waals surface area contributed by atoms with E-state index in [1.807, 2.05) is 0 Å². The predicted octanol–water partition coefficient (Wildman–Crippen LogP) is 2.50. The second-order valence-electron chi connectivity index (χ2n) is 9.67. The molecule has 6 rings (SSSR count). The van der Waals surface area contributed by atoms with Crippen LogP contribution in [0.5, 0.6) is 0 Å². The Morgan fingerprint density at radius 2 is 2.03 bits per heavy atom. The number of halogens is 1. The number of fused-ring (bicyclic) bond motifs is 2. The normalized spacial score (nSPS) is 30.6. The van der Waals surface area contributed by atoms with Gasteiger partial charge in [-0.15, -0.1) is 0 Å². The van der Waals surface area contributed by atoms with E-state index in [9.17, 15) is 23.9 Å². The van der Waals surface area contributed by atoms with Gasteiger partial charge in [0, 0.05) is 41.8 Å². The van der Waals surface area contributed by atoms with E-state index in [0.717, 1.165) is 44.5 Å². The van der Waals surface area contributed by atoms with Crippen molar-refractivity contribution in [3.8, 4) is 0 Å². The van der Waals surface area contributed by atoms with Gasteiger partial charge in [0.25, 0.3) is 0 Å². The van der Waals surface area contributed by atoms with Gasteiger partial charge in [-0.05, 0) is 50.2 Å². The molecule has 7 nitrogen and oxygen atoms in total. The zero-order valence-electron chi connectivity index (χ0n) is 17.0. The third kappa shape index (κ3) is 2.39. The molecule has 2 aliphatic heterocycles. The summed E-state index contributed by atoms with van der Waals surface area (Å²) in [4.78, 5) is 40.1. The van der Waals surface area contributed by atoms with Gasteiger partial charge in [-0.1, -0.05) is 0 Å². The number of aromatic carboxylic acids is 1. The number of Topliss-reactive ketones (excluding diaryl/α,β-unsaturated/α-hetero) is 1. The minimum Gasteiger partial charge on any atom is -0.477 e. The quantitative estimate of drug-likeness (QED) is 0.783. The van der Waals surface area contributed by atoms with Crippen molar-refractivity contribution in [1.29, 1.82) is 0 Å². The number of carbonyl (C=O) groups is 2.